The molecule has 0 amide bonds. The number of sulfonamides is 1. The molecular weight excluding hydrogens is 563 g/mol. The Hall–Kier alpha value is -1.90. The molecule has 0 bridgehead atoms. The Labute approximate surface area is 207 Å². The quantitative estimate of drug-likeness (QED) is 0.436. The molecule has 5 nitrogen and oxygen atoms in total. The van der Waals surface area contributed by atoms with Crippen molar-refractivity contribution in [2.24, 2.45) is 5.92 Å². The second-order valence-corrected chi connectivity index (χ2v) is 13.5. The molecule has 0 saturated heterocycles. The van der Waals surface area contributed by atoms with E-state index in [1.165, 1.54) is 13.8 Å². The maximum Gasteiger partial charge on any atom is 0.416 e. The molecule has 36 heavy (non-hydrogen) atoms. The molecule has 0 aromatic heterocycles. The monoisotopic (exact) mass is 581 g/mol. The van der Waals surface area contributed by atoms with Gasteiger partial charge in [0.2, 0.25) is 10.0 Å². The first-order valence-electron chi connectivity index (χ1n) is 10.2. The van der Waals surface area contributed by atoms with Crippen LogP contribution in [0.25, 0.3) is 0 Å². The Kier molecular flexibility index (Phi) is 7.28. The molecular formula is C21H19ClF7NO4S2. The van der Waals surface area contributed by atoms with Gasteiger partial charge in [-0.3, -0.25) is 0 Å². The molecule has 1 aliphatic rings. The third-order valence-corrected chi connectivity index (χ3v) is 10.8. The molecule has 200 valence electrons. The van der Waals surface area contributed by atoms with Crippen LogP contribution in [0.3, 0.4) is 0 Å². The van der Waals surface area contributed by atoms with Crippen LogP contribution in [-0.4, -0.2) is 27.6 Å². The zero-order valence-corrected chi connectivity index (χ0v) is 20.9. The van der Waals surface area contributed by atoms with Crippen LogP contribution in [0.5, 0.6) is 0 Å². The average molecular weight is 582 g/mol. The van der Waals surface area contributed by atoms with Crippen molar-refractivity contribution in [2.75, 3.05) is 0 Å². The van der Waals surface area contributed by atoms with Crippen LogP contribution in [0.2, 0.25) is 5.02 Å². The van der Waals surface area contributed by atoms with Gasteiger partial charge in [0.25, 0.3) is 0 Å². The second-order valence-electron chi connectivity index (χ2n) is 8.91. The van der Waals surface area contributed by atoms with E-state index in [0.717, 1.165) is 0 Å². The minimum Gasteiger partial charge on any atom is -0.223 e. The van der Waals surface area contributed by atoms with Crippen LogP contribution >= 0.6 is 11.6 Å². The van der Waals surface area contributed by atoms with E-state index in [4.69, 9.17) is 11.6 Å². The molecule has 15 heteroatoms. The molecule has 1 N–H and O–H groups in total. The third-order valence-electron chi connectivity index (χ3n) is 6.19. The summed E-state index contributed by atoms with van der Waals surface area (Å²) in [5, 5.41) is -0.664. The molecule has 0 atom stereocenters. The molecule has 0 spiro atoms. The minimum atomic E-state index is -4.98. The van der Waals surface area contributed by atoms with Crippen molar-refractivity contribution in [1.82, 2.24) is 4.72 Å². The Balaban J connectivity index is 1.77. The topological polar surface area (TPSA) is 80.3 Å². The van der Waals surface area contributed by atoms with Crippen molar-refractivity contribution in [3.05, 3.63) is 58.4 Å². The summed E-state index contributed by atoms with van der Waals surface area (Å²) in [7, 11) is -8.86. The van der Waals surface area contributed by atoms with Gasteiger partial charge in [-0.05, 0) is 69.0 Å². The van der Waals surface area contributed by atoms with Crippen molar-refractivity contribution in [3.63, 3.8) is 0 Å². The Morgan fingerprint density at radius 3 is 1.92 bits per heavy atom. The van der Waals surface area contributed by atoms with Crippen LogP contribution in [-0.2, 0) is 32.2 Å². The minimum absolute atomic E-state index is 0.0504. The summed E-state index contributed by atoms with van der Waals surface area (Å²) in [5.41, 5.74) is -2.61. The predicted octanol–water partition coefficient (Wildman–Crippen LogP) is 5.83. The van der Waals surface area contributed by atoms with Crippen LogP contribution < -0.4 is 4.72 Å². The number of rotatable bonds is 6. The summed E-state index contributed by atoms with van der Waals surface area (Å²) >= 11 is 5.74. The highest BCUT2D eigenvalue weighted by molar-refractivity contribution is 7.92. The second kappa shape index (κ2) is 9.14. The lowest BCUT2D eigenvalue weighted by molar-refractivity contribution is -0.138. The number of hydrogen-bond donors (Lipinski definition) is 1. The average Bonchev–Trinajstić information content (AvgIpc) is 2.68. The maximum absolute atomic E-state index is 13.8. The van der Waals surface area contributed by atoms with Crippen molar-refractivity contribution in [3.8, 4) is 0 Å². The summed E-state index contributed by atoms with van der Waals surface area (Å²) in [4.78, 5) is -1.47. The maximum atomic E-state index is 13.8. The largest absolute Gasteiger partial charge is 0.416 e. The van der Waals surface area contributed by atoms with E-state index in [0.29, 0.717) is 30.3 Å². The van der Waals surface area contributed by atoms with Crippen molar-refractivity contribution < 1.29 is 47.6 Å². The van der Waals surface area contributed by atoms with Gasteiger partial charge in [-0.2, -0.15) is 26.3 Å². The molecule has 3 rings (SSSR count). The molecule has 2 aromatic carbocycles. The van der Waals surface area contributed by atoms with Gasteiger partial charge >= 0.3 is 12.4 Å². The zero-order chi connectivity index (χ0) is 27.5. The lowest BCUT2D eigenvalue weighted by Gasteiger charge is -2.44. The van der Waals surface area contributed by atoms with Gasteiger partial charge in [0.05, 0.1) is 25.8 Å². The van der Waals surface area contributed by atoms with E-state index in [9.17, 15) is 47.6 Å². The highest BCUT2D eigenvalue weighted by atomic mass is 35.5. The fourth-order valence-electron chi connectivity index (χ4n) is 3.86. The van der Waals surface area contributed by atoms with Crippen LogP contribution in [0.1, 0.15) is 37.8 Å². The third kappa shape index (κ3) is 5.50. The Morgan fingerprint density at radius 2 is 1.42 bits per heavy atom. The normalized spacial score (nSPS) is 19.7. The highest BCUT2D eigenvalue weighted by Gasteiger charge is 2.50. The molecule has 0 heterocycles. The number of nitrogens with one attached hydrogen (secondary N) is 1. The molecule has 1 aliphatic carbocycles. The van der Waals surface area contributed by atoms with Crippen molar-refractivity contribution >= 4 is 31.5 Å². The summed E-state index contributed by atoms with van der Waals surface area (Å²) < 4.78 is 143. The number of sulfone groups is 1. The van der Waals surface area contributed by atoms with Gasteiger partial charge in [-0.1, -0.05) is 11.6 Å². The Morgan fingerprint density at radius 1 is 0.861 bits per heavy atom. The van der Waals surface area contributed by atoms with Crippen molar-refractivity contribution in [2.45, 2.75) is 59.6 Å². The standard InChI is InChI=1S/C21H19ClF7NO4S2/c1-19(2,35(31,32)16-8-13(21(27,28)29)5-14(23)10-16)12-6-15(7-12)30-36(33,34)18-4-3-11(9-17(18)22)20(24,25)26/h3-5,8-10,12,15,30H,6-7H2,1-2H3/t12-,15+. The lowest BCUT2D eigenvalue weighted by atomic mass is 9.73. The van der Waals surface area contributed by atoms with Crippen LogP contribution in [0, 0.1) is 11.7 Å². The molecule has 1 saturated carbocycles. The first-order valence-corrected chi connectivity index (χ1v) is 13.5. The number of hydrogen-bond acceptors (Lipinski definition) is 4. The number of benzene rings is 2. The summed E-state index contributed by atoms with van der Waals surface area (Å²) in [6.45, 7) is 2.48. The molecule has 0 aliphatic heterocycles. The molecule has 1 fully saturated rings. The molecule has 0 unspecified atom stereocenters. The summed E-state index contributed by atoms with van der Waals surface area (Å²) in [6, 6.07) is 1.89. The van der Waals surface area contributed by atoms with Gasteiger partial charge in [-0.15, -0.1) is 0 Å². The number of halogens is 8. The van der Waals surface area contributed by atoms with Crippen molar-refractivity contribution in [1.29, 1.82) is 0 Å². The predicted molar refractivity (Wildman–Crippen MR) is 116 cm³/mol. The smallest absolute Gasteiger partial charge is 0.223 e. The van der Waals surface area contributed by atoms with Crippen LogP contribution in [0.4, 0.5) is 30.7 Å². The van der Waals surface area contributed by atoms with Gasteiger partial charge in [0.1, 0.15) is 10.7 Å². The Bertz CT molecular complexity index is 1380. The fraction of sp³-hybridized carbons (Fsp3) is 0.429. The van der Waals surface area contributed by atoms with E-state index in [-0.39, 0.29) is 18.9 Å². The van der Waals surface area contributed by atoms with E-state index in [1.54, 1.807) is 0 Å². The van der Waals surface area contributed by atoms with E-state index >= 15 is 0 Å². The van der Waals surface area contributed by atoms with Gasteiger partial charge < -0.3 is 0 Å². The van der Waals surface area contributed by atoms with E-state index < -0.39 is 80.7 Å². The van der Waals surface area contributed by atoms with E-state index in [2.05, 4.69) is 4.72 Å². The fourth-order valence-corrected chi connectivity index (χ4v) is 7.46. The number of alkyl halides is 6. The SMILES string of the molecule is CC(C)([C@H]1C[C@@H](NS(=O)(=O)c2ccc(C(F)(F)F)cc2Cl)C1)S(=O)(=O)c1cc(F)cc(C(F)(F)F)c1. The summed E-state index contributed by atoms with van der Waals surface area (Å²) in [6.07, 6.45) is -9.81. The van der Waals surface area contributed by atoms with Gasteiger partial charge in [0.15, 0.2) is 9.84 Å². The van der Waals surface area contributed by atoms with E-state index in [1.807, 2.05) is 0 Å². The highest BCUT2D eigenvalue weighted by Crippen LogP contribution is 2.45. The first-order chi connectivity index (χ1) is 16.2. The molecule has 2 aromatic rings. The zero-order valence-electron chi connectivity index (χ0n) is 18.5. The van der Waals surface area contributed by atoms with Gasteiger partial charge in [0, 0.05) is 6.04 Å². The summed E-state index contributed by atoms with van der Waals surface area (Å²) in [5.74, 6) is -2.11. The van der Waals surface area contributed by atoms with Gasteiger partial charge in [-0.25, -0.2) is 25.9 Å². The van der Waals surface area contributed by atoms with Crippen LogP contribution in [0.15, 0.2) is 46.2 Å². The first kappa shape index (κ1) is 28.7. The lowest BCUT2D eigenvalue weighted by Crippen LogP contribution is -2.53. The molecule has 0 radical (unpaired) electrons.